The van der Waals surface area contributed by atoms with Crippen LogP contribution in [0.3, 0.4) is 0 Å². The summed E-state index contributed by atoms with van der Waals surface area (Å²) in [6.07, 6.45) is 3.42. The minimum atomic E-state index is -0.917. The average molecular weight is 296 g/mol. The average Bonchev–Trinajstić information content (AvgIpc) is 2.93. The van der Waals surface area contributed by atoms with E-state index in [4.69, 9.17) is 0 Å². The molecule has 1 heterocycles. The van der Waals surface area contributed by atoms with Gasteiger partial charge in [0.2, 0.25) is 11.8 Å². The molecule has 6 heteroatoms. The highest BCUT2D eigenvalue weighted by Crippen LogP contribution is 2.39. The number of likely N-dealkylation sites (tertiary alicyclic amines) is 1. The lowest BCUT2D eigenvalue weighted by Crippen LogP contribution is -2.57. The zero-order valence-corrected chi connectivity index (χ0v) is 12.7. The van der Waals surface area contributed by atoms with E-state index in [0.29, 0.717) is 19.4 Å². The first-order valence-electron chi connectivity index (χ1n) is 7.71. The number of carboxylic acids is 1. The van der Waals surface area contributed by atoms with Crippen molar-refractivity contribution < 1.29 is 19.5 Å². The van der Waals surface area contributed by atoms with Crippen molar-refractivity contribution in [2.24, 2.45) is 5.92 Å². The maximum atomic E-state index is 11.8. The molecule has 0 radical (unpaired) electrons. The highest BCUT2D eigenvalue weighted by Gasteiger charge is 2.49. The number of aliphatic carboxylic acids is 1. The lowest BCUT2D eigenvalue weighted by molar-refractivity contribution is -0.147. The predicted octanol–water partition coefficient (Wildman–Crippen LogP) is 1.15. The van der Waals surface area contributed by atoms with Crippen molar-refractivity contribution in [1.29, 1.82) is 0 Å². The van der Waals surface area contributed by atoms with Gasteiger partial charge in [0, 0.05) is 25.4 Å². The molecule has 0 bridgehead atoms. The van der Waals surface area contributed by atoms with Gasteiger partial charge in [0.15, 0.2) is 0 Å². The maximum Gasteiger partial charge on any atom is 0.324 e. The van der Waals surface area contributed by atoms with Gasteiger partial charge in [0.1, 0.15) is 5.54 Å². The zero-order valence-electron chi connectivity index (χ0n) is 12.7. The first-order chi connectivity index (χ1) is 9.86. The summed E-state index contributed by atoms with van der Waals surface area (Å²) in [6.45, 7) is 4.22. The van der Waals surface area contributed by atoms with Crippen molar-refractivity contribution in [3.8, 4) is 0 Å². The van der Waals surface area contributed by atoms with E-state index >= 15 is 0 Å². The summed E-state index contributed by atoms with van der Waals surface area (Å²) >= 11 is 0. The number of hydrogen-bond acceptors (Lipinski definition) is 4. The van der Waals surface area contributed by atoms with Gasteiger partial charge >= 0.3 is 5.97 Å². The van der Waals surface area contributed by atoms with Crippen LogP contribution in [0.5, 0.6) is 0 Å². The minimum Gasteiger partial charge on any atom is -0.480 e. The number of amides is 2. The standard InChI is InChI=1S/C15H24N2O4/c1-10(2)16-15(14(20)21)8-3-4-11(15)7-9-17-12(18)5-6-13(17)19/h10-11,16H,3-9H2,1-2H3,(H,20,21). The molecule has 2 aliphatic rings. The van der Waals surface area contributed by atoms with Crippen LogP contribution >= 0.6 is 0 Å². The fourth-order valence-electron chi connectivity index (χ4n) is 3.67. The van der Waals surface area contributed by atoms with Crippen LogP contribution in [-0.2, 0) is 14.4 Å². The smallest absolute Gasteiger partial charge is 0.324 e. The molecule has 6 nitrogen and oxygen atoms in total. The Morgan fingerprint density at radius 2 is 2.00 bits per heavy atom. The van der Waals surface area contributed by atoms with Crippen LogP contribution in [0.1, 0.15) is 52.4 Å². The molecule has 0 aromatic carbocycles. The summed E-state index contributed by atoms with van der Waals surface area (Å²) < 4.78 is 0. The molecule has 2 amide bonds. The van der Waals surface area contributed by atoms with E-state index in [9.17, 15) is 19.5 Å². The maximum absolute atomic E-state index is 11.8. The van der Waals surface area contributed by atoms with Crippen LogP contribution in [0.2, 0.25) is 0 Å². The molecule has 2 rings (SSSR count). The summed E-state index contributed by atoms with van der Waals surface area (Å²) in [5, 5.41) is 12.9. The van der Waals surface area contributed by atoms with Crippen molar-refractivity contribution in [2.45, 2.75) is 64.0 Å². The van der Waals surface area contributed by atoms with Crippen molar-refractivity contribution >= 4 is 17.8 Å². The Morgan fingerprint density at radius 3 is 2.52 bits per heavy atom. The van der Waals surface area contributed by atoms with Crippen LogP contribution < -0.4 is 5.32 Å². The van der Waals surface area contributed by atoms with Gasteiger partial charge < -0.3 is 5.11 Å². The molecular weight excluding hydrogens is 272 g/mol. The third kappa shape index (κ3) is 3.10. The molecule has 0 aromatic heterocycles. The molecule has 2 atom stereocenters. The SMILES string of the molecule is CC(C)NC1(C(=O)O)CCCC1CCN1C(=O)CCC1=O. The Kier molecular flexibility index (Phi) is 4.66. The summed E-state index contributed by atoms with van der Waals surface area (Å²) in [6, 6.07) is 0.0803. The molecular formula is C15H24N2O4. The van der Waals surface area contributed by atoms with Gasteiger partial charge in [-0.05, 0) is 39.0 Å². The normalized spacial score (nSPS) is 29.7. The largest absolute Gasteiger partial charge is 0.480 e. The van der Waals surface area contributed by atoms with Gasteiger partial charge in [-0.2, -0.15) is 0 Å². The molecule has 118 valence electrons. The van der Waals surface area contributed by atoms with Crippen molar-refractivity contribution in [1.82, 2.24) is 10.2 Å². The number of hydrogen-bond donors (Lipinski definition) is 2. The highest BCUT2D eigenvalue weighted by atomic mass is 16.4. The Hall–Kier alpha value is -1.43. The van der Waals surface area contributed by atoms with Gasteiger partial charge in [0.05, 0.1) is 0 Å². The number of nitrogens with one attached hydrogen (secondary N) is 1. The van der Waals surface area contributed by atoms with Crippen molar-refractivity contribution in [3.63, 3.8) is 0 Å². The number of rotatable bonds is 6. The summed E-state index contributed by atoms with van der Waals surface area (Å²) in [5.74, 6) is -1.12. The lowest BCUT2D eigenvalue weighted by atomic mass is 9.83. The van der Waals surface area contributed by atoms with E-state index < -0.39 is 11.5 Å². The number of carboxylic acid groups (broad SMARTS) is 1. The second kappa shape index (κ2) is 6.13. The second-order valence-electron chi connectivity index (χ2n) is 6.39. The van der Waals surface area contributed by atoms with Gasteiger partial charge in [-0.1, -0.05) is 6.42 Å². The van der Waals surface area contributed by atoms with Crippen molar-refractivity contribution in [3.05, 3.63) is 0 Å². The zero-order chi connectivity index (χ0) is 15.6. The number of carbonyl (C=O) groups is 3. The van der Waals surface area contributed by atoms with E-state index in [2.05, 4.69) is 5.32 Å². The Labute approximate surface area is 124 Å². The van der Waals surface area contributed by atoms with Crippen LogP contribution in [0.15, 0.2) is 0 Å². The third-order valence-corrected chi connectivity index (χ3v) is 4.60. The minimum absolute atomic E-state index is 0.0430. The molecule has 2 unspecified atom stereocenters. The molecule has 0 aromatic rings. The fraction of sp³-hybridized carbons (Fsp3) is 0.800. The number of imide groups is 1. The Bertz CT molecular complexity index is 433. The first kappa shape index (κ1) is 15.9. The van der Waals surface area contributed by atoms with Crippen LogP contribution in [0.25, 0.3) is 0 Å². The topological polar surface area (TPSA) is 86.7 Å². The van der Waals surface area contributed by atoms with E-state index in [-0.39, 0.29) is 36.6 Å². The molecule has 1 saturated carbocycles. The Balaban J connectivity index is 2.05. The van der Waals surface area contributed by atoms with E-state index in [0.717, 1.165) is 12.8 Å². The van der Waals surface area contributed by atoms with E-state index in [1.54, 1.807) is 0 Å². The Morgan fingerprint density at radius 1 is 1.38 bits per heavy atom. The number of nitrogens with zero attached hydrogens (tertiary/aromatic N) is 1. The van der Waals surface area contributed by atoms with Crippen LogP contribution in [-0.4, -0.2) is 45.9 Å². The van der Waals surface area contributed by atoms with Gasteiger partial charge in [0.25, 0.3) is 0 Å². The molecule has 2 N–H and O–H groups in total. The molecule has 21 heavy (non-hydrogen) atoms. The molecule has 1 saturated heterocycles. The third-order valence-electron chi connectivity index (χ3n) is 4.60. The summed E-state index contributed by atoms with van der Waals surface area (Å²) in [7, 11) is 0. The second-order valence-corrected chi connectivity index (χ2v) is 6.39. The molecule has 2 fully saturated rings. The predicted molar refractivity (Wildman–Crippen MR) is 76.6 cm³/mol. The summed E-state index contributed by atoms with van der Waals surface area (Å²) in [4.78, 5) is 36.3. The first-order valence-corrected chi connectivity index (χ1v) is 7.71. The molecule has 1 aliphatic heterocycles. The van der Waals surface area contributed by atoms with Gasteiger partial charge in [-0.15, -0.1) is 0 Å². The number of carbonyl (C=O) groups excluding carboxylic acids is 2. The summed E-state index contributed by atoms with van der Waals surface area (Å²) in [5.41, 5.74) is -0.917. The van der Waals surface area contributed by atoms with E-state index in [1.807, 2.05) is 13.8 Å². The van der Waals surface area contributed by atoms with E-state index in [1.165, 1.54) is 4.90 Å². The van der Waals surface area contributed by atoms with Crippen molar-refractivity contribution in [2.75, 3.05) is 6.54 Å². The van der Waals surface area contributed by atoms with Crippen LogP contribution in [0, 0.1) is 5.92 Å². The molecule has 0 spiro atoms. The van der Waals surface area contributed by atoms with Gasteiger partial charge in [-0.25, -0.2) is 0 Å². The van der Waals surface area contributed by atoms with Gasteiger partial charge in [-0.3, -0.25) is 24.6 Å². The van der Waals surface area contributed by atoms with Crippen LogP contribution in [0.4, 0.5) is 0 Å². The fourth-order valence-corrected chi connectivity index (χ4v) is 3.67. The lowest BCUT2D eigenvalue weighted by Gasteiger charge is -2.35. The monoisotopic (exact) mass is 296 g/mol. The highest BCUT2D eigenvalue weighted by molar-refractivity contribution is 6.01. The quantitative estimate of drug-likeness (QED) is 0.718. The molecule has 1 aliphatic carbocycles.